The second-order valence-corrected chi connectivity index (χ2v) is 9.28. The Balaban J connectivity index is 2.17. The first-order valence-electron chi connectivity index (χ1n) is 8.19. The first-order chi connectivity index (χ1) is 12.0. The predicted octanol–water partition coefficient (Wildman–Crippen LogP) is 1.42. The topological polar surface area (TPSA) is 96.8 Å². The fraction of sp³-hybridized carbons (Fsp3) is 0.500. The van der Waals surface area contributed by atoms with Gasteiger partial charge in [-0.3, -0.25) is 10.7 Å². The zero-order chi connectivity index (χ0) is 18.3. The van der Waals surface area contributed by atoms with Crippen LogP contribution in [-0.4, -0.2) is 28.7 Å². The van der Waals surface area contributed by atoms with Gasteiger partial charge < -0.3 is 4.74 Å². The van der Waals surface area contributed by atoms with E-state index in [1.807, 2.05) is 24.3 Å². The van der Waals surface area contributed by atoms with Gasteiger partial charge in [0.25, 0.3) is 5.84 Å². The third-order valence-electron chi connectivity index (χ3n) is 5.14. The van der Waals surface area contributed by atoms with Crippen LogP contribution in [-0.2, 0) is 0 Å². The molecular formula is C18H21N4OS2+. The molecule has 1 aromatic carbocycles. The van der Waals surface area contributed by atoms with E-state index >= 15 is 0 Å². The van der Waals surface area contributed by atoms with Crippen LogP contribution in [0.2, 0.25) is 0 Å². The van der Waals surface area contributed by atoms with E-state index < -0.39 is 15.0 Å². The number of fused-ring (bicyclic) bond motifs is 1. The molecule has 0 amide bonds. The molecule has 3 unspecified atom stereocenters. The highest BCUT2D eigenvalue weighted by atomic mass is 32.2. The van der Waals surface area contributed by atoms with Gasteiger partial charge in [-0.25, -0.2) is 0 Å². The molecule has 3 N–H and O–H groups in total. The summed E-state index contributed by atoms with van der Waals surface area (Å²) in [5.74, 6) is 2.57. The number of nitrogens with zero attached hydrogens (tertiary/aromatic N) is 2. The minimum atomic E-state index is -0.999. The summed E-state index contributed by atoms with van der Waals surface area (Å²) in [6, 6.07) is 12.5. The molecule has 2 aliphatic rings. The molecule has 3 atom stereocenters. The van der Waals surface area contributed by atoms with Gasteiger partial charge >= 0.3 is 0 Å². The maximum absolute atomic E-state index is 10.2. The van der Waals surface area contributed by atoms with Gasteiger partial charge in [-0.2, -0.15) is 10.5 Å². The summed E-state index contributed by atoms with van der Waals surface area (Å²) in [6.07, 6.45) is 0. The molecule has 130 valence electrons. The normalized spacial score (nSPS) is 31.4. The van der Waals surface area contributed by atoms with Gasteiger partial charge in [0.15, 0.2) is 10.8 Å². The van der Waals surface area contributed by atoms with Gasteiger partial charge in [0, 0.05) is 5.92 Å². The minimum absolute atomic E-state index is 0.250. The Hall–Kier alpha value is -1.83. The smallest absolute Gasteiger partial charge is 0.265 e. The van der Waals surface area contributed by atoms with Crippen molar-refractivity contribution >= 4 is 29.4 Å². The van der Waals surface area contributed by atoms with Gasteiger partial charge in [-0.1, -0.05) is 49.5 Å². The lowest BCUT2D eigenvalue weighted by atomic mass is 9.97. The molecule has 7 heteroatoms. The number of benzene rings is 1. The fourth-order valence-electron chi connectivity index (χ4n) is 4.15. The first-order valence-corrected chi connectivity index (χ1v) is 10.2. The summed E-state index contributed by atoms with van der Waals surface area (Å²) in [5, 5.41) is 20.3. The van der Waals surface area contributed by atoms with Crippen molar-refractivity contribution in [3.63, 3.8) is 0 Å². The molecule has 1 fully saturated rings. The fourth-order valence-corrected chi connectivity index (χ4v) is 7.47. The number of amidine groups is 1. The minimum Gasteiger partial charge on any atom is -0.497 e. The Morgan fingerprint density at radius 1 is 1.16 bits per heavy atom. The van der Waals surface area contributed by atoms with Crippen molar-refractivity contribution in [3.05, 3.63) is 29.8 Å². The molecule has 1 aliphatic heterocycles. The molecule has 0 aromatic heterocycles. The van der Waals surface area contributed by atoms with Crippen molar-refractivity contribution in [1.29, 1.82) is 10.5 Å². The van der Waals surface area contributed by atoms with Gasteiger partial charge in [0.2, 0.25) is 4.20 Å². The molecule has 0 radical (unpaired) electrons. The first kappa shape index (κ1) is 18.0. The molecule has 25 heavy (non-hydrogen) atoms. The zero-order valence-corrected chi connectivity index (χ0v) is 16.1. The molecule has 3 rings (SSSR count). The highest BCUT2D eigenvalue weighted by molar-refractivity contribution is 8.17. The number of nitriles is 2. The Morgan fingerprint density at radius 3 is 2.20 bits per heavy atom. The molecule has 0 spiro atoms. The zero-order valence-electron chi connectivity index (χ0n) is 14.5. The van der Waals surface area contributed by atoms with Crippen LogP contribution in [0.4, 0.5) is 0 Å². The Bertz CT molecular complexity index is 789. The number of ether oxygens (including phenoxy) is 1. The molecular weight excluding hydrogens is 352 g/mol. The second-order valence-electron chi connectivity index (χ2n) is 6.07. The summed E-state index contributed by atoms with van der Waals surface area (Å²) in [6.45, 7) is 4.12. The van der Waals surface area contributed by atoms with Crippen molar-refractivity contribution in [3.8, 4) is 17.9 Å². The van der Waals surface area contributed by atoms with Crippen LogP contribution in [0.1, 0.15) is 25.3 Å². The van der Waals surface area contributed by atoms with Gasteiger partial charge in [0.1, 0.15) is 5.75 Å². The van der Waals surface area contributed by atoms with E-state index in [-0.39, 0.29) is 5.92 Å². The predicted molar refractivity (Wildman–Crippen MR) is 101 cm³/mol. The van der Waals surface area contributed by atoms with Gasteiger partial charge in [0.05, 0.1) is 19.2 Å². The summed E-state index contributed by atoms with van der Waals surface area (Å²) < 4.78 is 4.61. The number of nitrogens with one attached hydrogen (secondary N) is 1. The summed E-state index contributed by atoms with van der Waals surface area (Å²) in [5.41, 5.74) is 5.38. The quantitative estimate of drug-likeness (QED) is 0.732. The van der Waals surface area contributed by atoms with E-state index in [0.717, 1.165) is 22.8 Å². The van der Waals surface area contributed by atoms with E-state index in [1.54, 1.807) is 30.6 Å². The van der Waals surface area contributed by atoms with E-state index in [1.165, 1.54) is 0 Å². The molecule has 0 saturated heterocycles. The summed E-state index contributed by atoms with van der Waals surface area (Å²) in [4.78, 5) is 3.33. The number of rotatable bonds is 6. The summed E-state index contributed by atoms with van der Waals surface area (Å²) >= 11 is 3.32. The molecule has 1 heterocycles. The van der Waals surface area contributed by atoms with Crippen molar-refractivity contribution < 1.29 is 9.73 Å². The molecule has 5 nitrogen and oxygen atoms in total. The maximum atomic E-state index is 10.2. The largest absolute Gasteiger partial charge is 0.497 e. The van der Waals surface area contributed by atoms with Crippen LogP contribution >= 0.6 is 23.5 Å². The highest BCUT2D eigenvalue weighted by Crippen LogP contribution is 2.81. The molecule has 0 bridgehead atoms. The van der Waals surface area contributed by atoms with Crippen LogP contribution in [0.5, 0.6) is 5.75 Å². The van der Waals surface area contributed by atoms with Crippen LogP contribution in [0, 0.1) is 33.5 Å². The Labute approximate surface area is 156 Å². The maximum Gasteiger partial charge on any atom is 0.265 e. The van der Waals surface area contributed by atoms with Crippen molar-refractivity contribution in [2.75, 3.05) is 18.6 Å². The summed E-state index contributed by atoms with van der Waals surface area (Å²) in [7, 11) is 1.62. The van der Waals surface area contributed by atoms with Gasteiger partial charge in [-0.15, -0.1) is 0 Å². The SMILES string of the molecule is CCSC1(SCC)[NH+]=C(N)C2(C#N)C(c3ccc(OC)cc3)C12C#N. The van der Waals surface area contributed by atoms with Crippen LogP contribution in [0.3, 0.4) is 0 Å². The van der Waals surface area contributed by atoms with E-state index in [9.17, 15) is 10.5 Å². The van der Waals surface area contributed by atoms with Crippen molar-refractivity contribution in [2.24, 2.45) is 16.6 Å². The molecule has 1 saturated carbocycles. The van der Waals surface area contributed by atoms with Crippen LogP contribution in [0.25, 0.3) is 0 Å². The number of methoxy groups -OCH3 is 1. The van der Waals surface area contributed by atoms with E-state index in [0.29, 0.717) is 5.84 Å². The average Bonchev–Trinajstić information content (AvgIpc) is 3.21. The number of hydrogen-bond donors (Lipinski definition) is 2. The average molecular weight is 374 g/mol. The number of nitrogens with two attached hydrogens (primary N) is 1. The number of hydrogen-bond acceptors (Lipinski definition) is 6. The third-order valence-corrected chi connectivity index (χ3v) is 8.09. The van der Waals surface area contributed by atoms with E-state index in [4.69, 9.17) is 10.5 Å². The molecule has 1 aromatic rings. The Morgan fingerprint density at radius 2 is 1.76 bits per heavy atom. The number of thioether (sulfide) groups is 2. The van der Waals surface area contributed by atoms with E-state index in [2.05, 4.69) is 31.0 Å². The van der Waals surface area contributed by atoms with Crippen LogP contribution < -0.4 is 15.5 Å². The standard InChI is InChI=1S/C18H20N4OS2/c1-4-24-18(25-5-2)17(11-20)14(16(17,10-19)15(21)22-18)12-6-8-13(23-3)9-7-12/h6-9,14H,4-5H2,1-3H3,(H2,21,22)/p+1. The second kappa shape index (κ2) is 6.16. The lowest BCUT2D eigenvalue weighted by Gasteiger charge is -2.29. The monoisotopic (exact) mass is 373 g/mol. The highest BCUT2D eigenvalue weighted by Gasteiger charge is 2.95. The van der Waals surface area contributed by atoms with Gasteiger partial charge in [-0.05, 0) is 29.2 Å². The molecule has 1 aliphatic carbocycles. The lowest BCUT2D eigenvalue weighted by Crippen LogP contribution is -2.86. The lowest BCUT2D eigenvalue weighted by molar-refractivity contribution is -0.492. The Kier molecular flexibility index (Phi) is 4.43. The van der Waals surface area contributed by atoms with Crippen molar-refractivity contribution in [2.45, 2.75) is 24.0 Å². The van der Waals surface area contributed by atoms with Crippen LogP contribution in [0.15, 0.2) is 24.3 Å². The third kappa shape index (κ3) is 2.00. The van der Waals surface area contributed by atoms with Crippen molar-refractivity contribution in [1.82, 2.24) is 0 Å².